The summed E-state index contributed by atoms with van der Waals surface area (Å²) in [6.45, 7) is 2.23. The van der Waals surface area contributed by atoms with Crippen molar-refractivity contribution in [3.05, 3.63) is 113 Å². The van der Waals surface area contributed by atoms with E-state index in [2.05, 4.69) is 4.99 Å². The van der Waals surface area contributed by atoms with Crippen molar-refractivity contribution in [3.63, 3.8) is 0 Å². The van der Waals surface area contributed by atoms with E-state index in [1.54, 1.807) is 37.6 Å². The molecule has 0 amide bonds. The van der Waals surface area contributed by atoms with Gasteiger partial charge >= 0.3 is 0 Å². The number of rotatable bonds is 9. The predicted octanol–water partition coefficient (Wildman–Crippen LogP) is 6.39. The first-order chi connectivity index (χ1) is 16.8. The standard InChI is InChI=1S/C27H25ClN2O4S/c1-20-8-15-27(33-2)26(16-20)29-17-23-11-12-24(34-23)19-30(18-21-6-4-3-5-7-21)35(31,32)25-13-9-22(28)10-14-25/h3-17H,18-19H2,1-2H3. The molecule has 1 aromatic heterocycles. The van der Waals surface area contributed by atoms with E-state index < -0.39 is 10.0 Å². The Morgan fingerprint density at radius 2 is 1.71 bits per heavy atom. The Morgan fingerprint density at radius 1 is 0.971 bits per heavy atom. The number of aryl methyl sites for hydroxylation is 1. The Morgan fingerprint density at radius 3 is 2.43 bits per heavy atom. The number of ether oxygens (including phenoxy) is 1. The zero-order chi connectivity index (χ0) is 24.8. The summed E-state index contributed by atoms with van der Waals surface area (Å²) in [5.74, 6) is 1.66. The fourth-order valence-electron chi connectivity index (χ4n) is 3.53. The summed E-state index contributed by atoms with van der Waals surface area (Å²) < 4.78 is 39.6. The highest BCUT2D eigenvalue weighted by Crippen LogP contribution is 2.28. The molecule has 0 spiro atoms. The van der Waals surface area contributed by atoms with Crippen molar-refractivity contribution in [2.75, 3.05) is 7.11 Å². The third-order valence-electron chi connectivity index (χ3n) is 5.33. The number of hydrogen-bond acceptors (Lipinski definition) is 5. The second-order valence-electron chi connectivity index (χ2n) is 7.95. The molecule has 0 aliphatic heterocycles. The quantitative estimate of drug-likeness (QED) is 0.245. The lowest BCUT2D eigenvalue weighted by molar-refractivity contribution is 0.357. The molecule has 0 saturated carbocycles. The van der Waals surface area contributed by atoms with Crippen LogP contribution in [0.15, 0.2) is 99.2 Å². The molecule has 0 aliphatic carbocycles. The van der Waals surface area contributed by atoms with Crippen LogP contribution in [0.2, 0.25) is 5.02 Å². The third-order valence-corrected chi connectivity index (χ3v) is 7.39. The Balaban J connectivity index is 1.59. The molecular weight excluding hydrogens is 484 g/mol. The smallest absolute Gasteiger partial charge is 0.243 e. The zero-order valence-electron chi connectivity index (χ0n) is 19.4. The van der Waals surface area contributed by atoms with Gasteiger partial charge in [0.1, 0.15) is 23.0 Å². The molecule has 4 aromatic rings. The van der Waals surface area contributed by atoms with Gasteiger partial charge in [-0.05, 0) is 66.6 Å². The number of halogens is 1. The van der Waals surface area contributed by atoms with E-state index in [0.29, 0.717) is 28.0 Å². The van der Waals surface area contributed by atoms with Crippen molar-refractivity contribution < 1.29 is 17.6 Å². The molecule has 0 bridgehead atoms. The second kappa shape index (κ2) is 10.9. The number of hydrogen-bond donors (Lipinski definition) is 0. The lowest BCUT2D eigenvalue weighted by Gasteiger charge is -2.21. The molecule has 0 atom stereocenters. The Labute approximate surface area is 210 Å². The summed E-state index contributed by atoms with van der Waals surface area (Å²) in [6, 6.07) is 24.8. The van der Waals surface area contributed by atoms with Gasteiger partial charge in [0.05, 0.1) is 24.8 Å². The van der Waals surface area contributed by atoms with Crippen LogP contribution in [0.25, 0.3) is 0 Å². The Kier molecular flexibility index (Phi) is 7.70. The van der Waals surface area contributed by atoms with Crippen molar-refractivity contribution >= 4 is 33.5 Å². The molecule has 0 radical (unpaired) electrons. The fraction of sp³-hybridized carbons (Fsp3) is 0.148. The first-order valence-corrected chi connectivity index (χ1v) is 12.7. The minimum absolute atomic E-state index is 0.0570. The first kappa shape index (κ1) is 24.7. The molecule has 1 heterocycles. The van der Waals surface area contributed by atoms with Gasteiger partial charge in [-0.1, -0.05) is 48.0 Å². The average Bonchev–Trinajstić information content (AvgIpc) is 3.31. The number of methoxy groups -OCH3 is 1. The molecule has 0 N–H and O–H groups in total. The van der Waals surface area contributed by atoms with Crippen LogP contribution in [-0.2, 0) is 23.1 Å². The molecule has 8 heteroatoms. The van der Waals surface area contributed by atoms with E-state index in [4.69, 9.17) is 20.8 Å². The topological polar surface area (TPSA) is 72.1 Å². The Hall–Kier alpha value is -3.39. The maximum atomic E-state index is 13.5. The number of furan rings is 1. The van der Waals surface area contributed by atoms with Gasteiger partial charge in [0, 0.05) is 11.6 Å². The zero-order valence-corrected chi connectivity index (χ0v) is 21.0. The molecule has 0 saturated heterocycles. The fourth-order valence-corrected chi connectivity index (χ4v) is 5.05. The summed E-state index contributed by atoms with van der Waals surface area (Å²) >= 11 is 5.96. The second-order valence-corrected chi connectivity index (χ2v) is 10.3. The molecule has 35 heavy (non-hydrogen) atoms. The minimum atomic E-state index is -3.81. The van der Waals surface area contributed by atoms with Gasteiger partial charge in [0.15, 0.2) is 0 Å². The number of sulfonamides is 1. The van der Waals surface area contributed by atoms with E-state index in [-0.39, 0.29) is 18.0 Å². The Bertz CT molecular complexity index is 1420. The monoisotopic (exact) mass is 508 g/mol. The summed E-state index contributed by atoms with van der Waals surface area (Å²) in [5.41, 5.74) is 2.61. The molecule has 0 aliphatic rings. The van der Waals surface area contributed by atoms with E-state index in [0.717, 1.165) is 11.1 Å². The van der Waals surface area contributed by atoms with E-state index in [1.165, 1.54) is 16.4 Å². The molecule has 0 unspecified atom stereocenters. The van der Waals surface area contributed by atoms with Crippen LogP contribution >= 0.6 is 11.6 Å². The highest BCUT2D eigenvalue weighted by molar-refractivity contribution is 7.89. The van der Waals surface area contributed by atoms with Crippen molar-refractivity contribution in [1.82, 2.24) is 4.31 Å². The predicted molar refractivity (Wildman–Crippen MR) is 138 cm³/mol. The first-order valence-electron chi connectivity index (χ1n) is 10.9. The molecule has 3 aromatic carbocycles. The molecule has 4 rings (SSSR count). The summed E-state index contributed by atoms with van der Waals surface area (Å²) in [4.78, 5) is 4.65. The average molecular weight is 509 g/mol. The van der Waals surface area contributed by atoms with E-state index >= 15 is 0 Å². The van der Waals surface area contributed by atoms with Crippen LogP contribution < -0.4 is 4.74 Å². The molecule has 6 nitrogen and oxygen atoms in total. The van der Waals surface area contributed by atoms with Crippen molar-refractivity contribution in [2.24, 2.45) is 4.99 Å². The largest absolute Gasteiger partial charge is 0.494 e. The summed E-state index contributed by atoms with van der Waals surface area (Å²) in [6.07, 6.45) is 1.59. The van der Waals surface area contributed by atoms with Crippen LogP contribution in [0.4, 0.5) is 5.69 Å². The lowest BCUT2D eigenvalue weighted by Crippen LogP contribution is -2.30. The maximum absolute atomic E-state index is 13.5. The number of benzene rings is 3. The van der Waals surface area contributed by atoms with E-state index in [1.807, 2.05) is 55.5 Å². The van der Waals surface area contributed by atoms with Crippen molar-refractivity contribution in [2.45, 2.75) is 24.9 Å². The van der Waals surface area contributed by atoms with Gasteiger partial charge in [-0.3, -0.25) is 0 Å². The van der Waals surface area contributed by atoms with Crippen LogP contribution in [0, 0.1) is 6.92 Å². The van der Waals surface area contributed by atoms with Gasteiger partial charge in [-0.2, -0.15) is 4.31 Å². The van der Waals surface area contributed by atoms with Gasteiger partial charge in [-0.25, -0.2) is 13.4 Å². The highest BCUT2D eigenvalue weighted by atomic mass is 35.5. The van der Waals surface area contributed by atoms with Crippen LogP contribution in [0.1, 0.15) is 22.6 Å². The van der Waals surface area contributed by atoms with E-state index in [9.17, 15) is 8.42 Å². The third kappa shape index (κ3) is 6.19. The molecule has 0 fully saturated rings. The van der Waals surface area contributed by atoms with Crippen LogP contribution in [-0.4, -0.2) is 26.0 Å². The summed E-state index contributed by atoms with van der Waals surface area (Å²) in [7, 11) is -2.22. The number of nitrogens with zero attached hydrogens (tertiary/aromatic N) is 2. The van der Waals surface area contributed by atoms with Crippen LogP contribution in [0.5, 0.6) is 5.75 Å². The maximum Gasteiger partial charge on any atom is 0.243 e. The highest BCUT2D eigenvalue weighted by Gasteiger charge is 2.26. The van der Waals surface area contributed by atoms with Gasteiger partial charge < -0.3 is 9.15 Å². The van der Waals surface area contributed by atoms with Gasteiger partial charge in [-0.15, -0.1) is 0 Å². The SMILES string of the molecule is COc1ccc(C)cc1N=Cc1ccc(CN(Cc2ccccc2)S(=O)(=O)c2ccc(Cl)cc2)o1. The van der Waals surface area contributed by atoms with Crippen molar-refractivity contribution in [1.29, 1.82) is 0 Å². The lowest BCUT2D eigenvalue weighted by atomic mass is 10.2. The van der Waals surface area contributed by atoms with Gasteiger partial charge in [0.25, 0.3) is 0 Å². The van der Waals surface area contributed by atoms with Crippen molar-refractivity contribution in [3.8, 4) is 5.75 Å². The normalized spacial score (nSPS) is 11.9. The number of aliphatic imine (C=N–C) groups is 1. The summed E-state index contributed by atoms with van der Waals surface area (Å²) in [5, 5.41) is 0.471. The molecular formula is C27H25ClN2O4S. The van der Waals surface area contributed by atoms with Crippen LogP contribution in [0.3, 0.4) is 0 Å². The molecule has 180 valence electrons. The minimum Gasteiger partial charge on any atom is -0.494 e. The van der Waals surface area contributed by atoms with Gasteiger partial charge in [0.2, 0.25) is 10.0 Å².